The zero-order chi connectivity index (χ0) is 12.1. The van der Waals surface area contributed by atoms with Crippen LogP contribution in [0.1, 0.15) is 35.8 Å². The molecule has 0 aromatic heterocycles. The van der Waals surface area contributed by atoms with Gasteiger partial charge in [0.25, 0.3) is 0 Å². The highest BCUT2D eigenvalue weighted by Gasteiger charge is 2.20. The second kappa shape index (κ2) is 5.88. The summed E-state index contributed by atoms with van der Waals surface area (Å²) in [7, 11) is 0. The molecule has 0 radical (unpaired) electrons. The highest BCUT2D eigenvalue weighted by molar-refractivity contribution is 6.21. The molecule has 0 aliphatic carbocycles. The highest BCUT2D eigenvalue weighted by atomic mass is 35.5. The van der Waals surface area contributed by atoms with Gasteiger partial charge in [0.1, 0.15) is 0 Å². The summed E-state index contributed by atoms with van der Waals surface area (Å²) in [5.41, 5.74) is 2.52. The minimum absolute atomic E-state index is 0.0450. The van der Waals surface area contributed by atoms with Gasteiger partial charge in [-0.1, -0.05) is 67.6 Å². The fourth-order valence-corrected chi connectivity index (χ4v) is 2.65. The normalized spacial score (nSPS) is 14.2. The Balaban J connectivity index is 2.25. The summed E-state index contributed by atoms with van der Waals surface area (Å²) in [5.74, 6) is 0.375. The van der Waals surface area contributed by atoms with Crippen LogP contribution in [-0.2, 0) is 0 Å². The molecule has 0 bridgehead atoms. The van der Waals surface area contributed by atoms with Gasteiger partial charge in [0.15, 0.2) is 0 Å². The number of alkyl halides is 1. The van der Waals surface area contributed by atoms with E-state index in [1.54, 1.807) is 0 Å². The third kappa shape index (κ3) is 2.89. The molecule has 0 aliphatic heterocycles. The summed E-state index contributed by atoms with van der Waals surface area (Å²) in [4.78, 5) is 0. The lowest BCUT2D eigenvalue weighted by molar-refractivity contribution is 0.640. The topological polar surface area (TPSA) is 0 Å². The average molecular weight is 245 g/mol. The molecule has 0 saturated carbocycles. The predicted octanol–water partition coefficient (Wildman–Crippen LogP) is 5.16. The first-order chi connectivity index (χ1) is 8.33. The SMILES string of the molecule is CCC(c1ccccc1)C(Cl)c1ccccc1. The van der Waals surface area contributed by atoms with Gasteiger partial charge in [-0.2, -0.15) is 0 Å². The molecule has 0 heterocycles. The van der Waals surface area contributed by atoms with Crippen LogP contribution in [0.2, 0.25) is 0 Å². The van der Waals surface area contributed by atoms with Gasteiger partial charge in [0.2, 0.25) is 0 Å². The van der Waals surface area contributed by atoms with Crippen LogP contribution >= 0.6 is 11.6 Å². The Kier molecular flexibility index (Phi) is 4.22. The fourth-order valence-electron chi connectivity index (χ4n) is 2.18. The second-order valence-electron chi connectivity index (χ2n) is 4.24. The largest absolute Gasteiger partial charge is 0.117 e. The molecule has 0 fully saturated rings. The van der Waals surface area contributed by atoms with E-state index >= 15 is 0 Å². The van der Waals surface area contributed by atoms with Gasteiger partial charge in [-0.15, -0.1) is 11.6 Å². The van der Waals surface area contributed by atoms with Crippen molar-refractivity contribution >= 4 is 11.6 Å². The van der Waals surface area contributed by atoms with Crippen molar-refractivity contribution in [2.24, 2.45) is 0 Å². The summed E-state index contributed by atoms with van der Waals surface area (Å²) in [6.45, 7) is 2.19. The van der Waals surface area contributed by atoms with Crippen molar-refractivity contribution in [1.29, 1.82) is 0 Å². The maximum absolute atomic E-state index is 6.61. The minimum atomic E-state index is 0.0450. The van der Waals surface area contributed by atoms with Gasteiger partial charge in [-0.05, 0) is 17.5 Å². The minimum Gasteiger partial charge on any atom is -0.117 e. The lowest BCUT2D eigenvalue weighted by Crippen LogP contribution is -2.05. The molecule has 2 unspecified atom stereocenters. The summed E-state index contributed by atoms with van der Waals surface area (Å²) in [6, 6.07) is 20.8. The molecule has 2 aromatic carbocycles. The lowest BCUT2D eigenvalue weighted by atomic mass is 9.89. The van der Waals surface area contributed by atoms with E-state index in [1.165, 1.54) is 11.1 Å². The van der Waals surface area contributed by atoms with Gasteiger partial charge in [-0.3, -0.25) is 0 Å². The molecule has 0 nitrogen and oxygen atoms in total. The summed E-state index contributed by atoms with van der Waals surface area (Å²) >= 11 is 6.61. The van der Waals surface area contributed by atoms with Crippen molar-refractivity contribution in [3.05, 3.63) is 71.8 Å². The van der Waals surface area contributed by atoms with E-state index in [-0.39, 0.29) is 5.38 Å². The maximum Gasteiger partial charge on any atom is 0.0653 e. The van der Waals surface area contributed by atoms with Gasteiger partial charge >= 0.3 is 0 Å². The molecule has 17 heavy (non-hydrogen) atoms. The Morgan fingerprint density at radius 1 is 0.824 bits per heavy atom. The third-order valence-electron chi connectivity index (χ3n) is 3.14. The number of hydrogen-bond acceptors (Lipinski definition) is 0. The van der Waals surface area contributed by atoms with Crippen molar-refractivity contribution < 1.29 is 0 Å². The smallest absolute Gasteiger partial charge is 0.0653 e. The van der Waals surface area contributed by atoms with Crippen molar-refractivity contribution in [3.8, 4) is 0 Å². The van der Waals surface area contributed by atoms with E-state index < -0.39 is 0 Å². The van der Waals surface area contributed by atoms with Crippen LogP contribution in [0.4, 0.5) is 0 Å². The Morgan fingerprint density at radius 2 is 1.29 bits per heavy atom. The maximum atomic E-state index is 6.61. The quantitative estimate of drug-likeness (QED) is 0.652. The Bertz CT molecular complexity index is 436. The summed E-state index contributed by atoms with van der Waals surface area (Å²) in [6.07, 6.45) is 1.05. The first kappa shape index (κ1) is 12.2. The average Bonchev–Trinajstić information content (AvgIpc) is 2.42. The molecular formula is C16H17Cl. The van der Waals surface area contributed by atoms with Crippen LogP contribution in [0.15, 0.2) is 60.7 Å². The predicted molar refractivity (Wildman–Crippen MR) is 74.5 cm³/mol. The fraction of sp³-hybridized carbons (Fsp3) is 0.250. The van der Waals surface area contributed by atoms with Gasteiger partial charge in [-0.25, -0.2) is 0 Å². The standard InChI is InChI=1S/C16H17Cl/c1-2-15(13-9-5-3-6-10-13)16(17)14-11-7-4-8-12-14/h3-12,15-16H,2H2,1H3. The molecule has 2 rings (SSSR count). The van der Waals surface area contributed by atoms with Crippen molar-refractivity contribution in [2.45, 2.75) is 24.6 Å². The third-order valence-corrected chi connectivity index (χ3v) is 3.69. The van der Waals surface area contributed by atoms with E-state index in [0.717, 1.165) is 6.42 Å². The van der Waals surface area contributed by atoms with Crippen LogP contribution in [-0.4, -0.2) is 0 Å². The van der Waals surface area contributed by atoms with Gasteiger partial charge < -0.3 is 0 Å². The molecule has 0 amide bonds. The van der Waals surface area contributed by atoms with E-state index in [0.29, 0.717) is 5.92 Å². The van der Waals surface area contributed by atoms with E-state index in [2.05, 4.69) is 43.3 Å². The highest BCUT2D eigenvalue weighted by Crippen LogP contribution is 2.38. The Hall–Kier alpha value is -1.27. The van der Waals surface area contributed by atoms with E-state index in [9.17, 15) is 0 Å². The number of halogens is 1. The van der Waals surface area contributed by atoms with E-state index in [1.807, 2.05) is 24.3 Å². The molecule has 2 aromatic rings. The number of benzene rings is 2. The zero-order valence-electron chi connectivity index (χ0n) is 10.0. The molecule has 0 N–H and O–H groups in total. The molecule has 0 saturated heterocycles. The molecule has 2 atom stereocenters. The summed E-state index contributed by atoms with van der Waals surface area (Å²) < 4.78 is 0. The van der Waals surface area contributed by atoms with Gasteiger partial charge in [0.05, 0.1) is 5.38 Å². The van der Waals surface area contributed by atoms with Crippen molar-refractivity contribution in [2.75, 3.05) is 0 Å². The molecule has 88 valence electrons. The Labute approximate surface area is 108 Å². The van der Waals surface area contributed by atoms with Gasteiger partial charge in [0, 0.05) is 5.92 Å². The number of hydrogen-bond donors (Lipinski definition) is 0. The van der Waals surface area contributed by atoms with Crippen LogP contribution in [0.3, 0.4) is 0 Å². The first-order valence-corrected chi connectivity index (χ1v) is 6.50. The van der Waals surface area contributed by atoms with Crippen LogP contribution < -0.4 is 0 Å². The van der Waals surface area contributed by atoms with Crippen molar-refractivity contribution in [1.82, 2.24) is 0 Å². The van der Waals surface area contributed by atoms with E-state index in [4.69, 9.17) is 11.6 Å². The number of rotatable bonds is 4. The first-order valence-electron chi connectivity index (χ1n) is 6.07. The molecule has 0 aliphatic rings. The second-order valence-corrected chi connectivity index (χ2v) is 4.71. The summed E-state index contributed by atoms with van der Waals surface area (Å²) in [5, 5.41) is 0.0450. The Morgan fingerprint density at radius 3 is 1.76 bits per heavy atom. The van der Waals surface area contributed by atoms with Crippen LogP contribution in [0, 0.1) is 0 Å². The zero-order valence-corrected chi connectivity index (χ0v) is 10.8. The monoisotopic (exact) mass is 244 g/mol. The molecular weight excluding hydrogens is 228 g/mol. The van der Waals surface area contributed by atoms with Crippen molar-refractivity contribution in [3.63, 3.8) is 0 Å². The lowest BCUT2D eigenvalue weighted by Gasteiger charge is -2.21. The van der Waals surface area contributed by atoms with Crippen LogP contribution in [0.5, 0.6) is 0 Å². The molecule has 0 spiro atoms. The molecule has 1 heteroatoms. The van der Waals surface area contributed by atoms with Crippen LogP contribution in [0.25, 0.3) is 0 Å².